The van der Waals surface area contributed by atoms with Crippen molar-refractivity contribution in [1.82, 2.24) is 14.5 Å². The number of carbonyl (C=O) groups excluding carboxylic acids is 1. The van der Waals surface area contributed by atoms with E-state index >= 15 is 0 Å². The maximum atomic E-state index is 11.9. The smallest absolute Gasteiger partial charge is 0.306 e. The number of piperidine rings is 1. The predicted octanol–water partition coefficient (Wildman–Crippen LogP) is 2.90. The fourth-order valence-electron chi connectivity index (χ4n) is 3.02. The molecule has 1 atom stereocenters. The van der Waals surface area contributed by atoms with Crippen LogP contribution in [-0.2, 0) is 23.1 Å². The molecule has 124 valence electrons. The lowest BCUT2D eigenvalue weighted by Crippen LogP contribution is -2.39. The normalized spacial score (nSPS) is 20.1. The van der Waals surface area contributed by atoms with Crippen molar-refractivity contribution in [2.75, 3.05) is 6.54 Å². The molecule has 5 nitrogen and oxygen atoms in total. The van der Waals surface area contributed by atoms with Gasteiger partial charge >= 0.3 is 5.97 Å². The van der Waals surface area contributed by atoms with E-state index in [9.17, 15) is 4.79 Å². The SMILES string of the molecule is Cn1cncc1CN1CCCCC1CCC(=O)OC(C)(C)C. The number of hydrogen-bond donors (Lipinski definition) is 0. The van der Waals surface area contributed by atoms with Gasteiger partial charge in [0.25, 0.3) is 0 Å². The minimum Gasteiger partial charge on any atom is -0.460 e. The first-order valence-electron chi connectivity index (χ1n) is 8.26. The molecule has 1 aliphatic heterocycles. The number of aryl methyl sites for hydroxylation is 1. The van der Waals surface area contributed by atoms with E-state index in [2.05, 4.69) is 14.5 Å². The Labute approximate surface area is 133 Å². The maximum absolute atomic E-state index is 11.9. The zero-order chi connectivity index (χ0) is 16.2. The van der Waals surface area contributed by atoms with Crippen molar-refractivity contribution in [3.63, 3.8) is 0 Å². The highest BCUT2D eigenvalue weighted by Gasteiger charge is 2.25. The molecule has 1 aromatic heterocycles. The first kappa shape index (κ1) is 17.0. The Hall–Kier alpha value is -1.36. The summed E-state index contributed by atoms with van der Waals surface area (Å²) in [6.07, 6.45) is 8.81. The number of imidazole rings is 1. The lowest BCUT2D eigenvalue weighted by atomic mass is 9.97. The summed E-state index contributed by atoms with van der Waals surface area (Å²) in [5.41, 5.74) is 0.835. The van der Waals surface area contributed by atoms with Crippen LogP contribution in [0.4, 0.5) is 0 Å². The molecule has 0 amide bonds. The molecule has 0 aliphatic carbocycles. The molecule has 0 bridgehead atoms. The van der Waals surface area contributed by atoms with Gasteiger partial charge in [-0.2, -0.15) is 0 Å². The Kier molecular flexibility index (Phi) is 5.62. The van der Waals surface area contributed by atoms with Gasteiger partial charge in [-0.3, -0.25) is 9.69 Å². The zero-order valence-corrected chi connectivity index (χ0v) is 14.3. The average molecular weight is 307 g/mol. The lowest BCUT2D eigenvalue weighted by Gasteiger charge is -2.35. The predicted molar refractivity (Wildman–Crippen MR) is 86.3 cm³/mol. The molecule has 2 heterocycles. The van der Waals surface area contributed by atoms with Gasteiger partial charge in [-0.05, 0) is 46.6 Å². The number of likely N-dealkylation sites (tertiary alicyclic amines) is 1. The molecule has 0 spiro atoms. The second-order valence-corrected chi connectivity index (χ2v) is 7.24. The first-order valence-corrected chi connectivity index (χ1v) is 8.26. The van der Waals surface area contributed by atoms with Crippen molar-refractivity contribution in [3.05, 3.63) is 18.2 Å². The van der Waals surface area contributed by atoms with Gasteiger partial charge in [-0.25, -0.2) is 4.98 Å². The third-order valence-corrected chi connectivity index (χ3v) is 4.13. The van der Waals surface area contributed by atoms with Crippen molar-refractivity contribution in [1.29, 1.82) is 0 Å². The van der Waals surface area contributed by atoms with Crippen LogP contribution in [0.1, 0.15) is 58.6 Å². The minimum absolute atomic E-state index is 0.0847. The Morgan fingerprint density at radius 1 is 1.41 bits per heavy atom. The van der Waals surface area contributed by atoms with Crippen LogP contribution in [0.5, 0.6) is 0 Å². The van der Waals surface area contributed by atoms with Gasteiger partial charge in [-0.1, -0.05) is 6.42 Å². The number of nitrogens with zero attached hydrogens (tertiary/aromatic N) is 3. The zero-order valence-electron chi connectivity index (χ0n) is 14.3. The summed E-state index contributed by atoms with van der Waals surface area (Å²) < 4.78 is 7.49. The Balaban J connectivity index is 1.87. The van der Waals surface area contributed by atoms with Crippen LogP contribution in [0.2, 0.25) is 0 Å². The van der Waals surface area contributed by atoms with E-state index in [0.717, 1.165) is 19.5 Å². The van der Waals surface area contributed by atoms with Crippen LogP contribution in [0.15, 0.2) is 12.5 Å². The van der Waals surface area contributed by atoms with E-state index in [1.165, 1.54) is 25.0 Å². The number of carbonyl (C=O) groups is 1. The number of ether oxygens (including phenoxy) is 1. The number of aromatic nitrogens is 2. The molecule has 1 aliphatic rings. The van der Waals surface area contributed by atoms with Crippen molar-refractivity contribution in [2.45, 2.75) is 71.1 Å². The van der Waals surface area contributed by atoms with Crippen LogP contribution < -0.4 is 0 Å². The van der Waals surface area contributed by atoms with Gasteiger partial charge in [0.2, 0.25) is 0 Å². The summed E-state index contributed by atoms with van der Waals surface area (Å²) in [5.74, 6) is -0.0847. The molecule has 1 saturated heterocycles. The topological polar surface area (TPSA) is 47.4 Å². The summed E-state index contributed by atoms with van der Waals surface area (Å²) >= 11 is 0. The molecule has 0 aromatic carbocycles. The highest BCUT2D eigenvalue weighted by atomic mass is 16.6. The van der Waals surface area contributed by atoms with E-state index in [4.69, 9.17) is 4.74 Å². The van der Waals surface area contributed by atoms with Crippen molar-refractivity contribution < 1.29 is 9.53 Å². The molecule has 1 fully saturated rings. The standard InChI is InChI=1S/C17H29N3O2/c1-17(2,3)22-16(21)9-8-14-7-5-6-10-20(14)12-15-11-18-13-19(15)4/h11,13-14H,5-10,12H2,1-4H3. The van der Waals surface area contributed by atoms with Crippen molar-refractivity contribution in [2.24, 2.45) is 7.05 Å². The largest absolute Gasteiger partial charge is 0.460 e. The molecule has 22 heavy (non-hydrogen) atoms. The lowest BCUT2D eigenvalue weighted by molar-refractivity contribution is -0.155. The summed E-state index contributed by atoms with van der Waals surface area (Å²) in [6, 6.07) is 0.469. The fourth-order valence-corrected chi connectivity index (χ4v) is 3.02. The number of esters is 1. The molecule has 1 aromatic rings. The summed E-state index contributed by atoms with van der Waals surface area (Å²) in [6.45, 7) is 7.76. The molecule has 0 radical (unpaired) electrons. The fraction of sp³-hybridized carbons (Fsp3) is 0.765. The highest BCUT2D eigenvalue weighted by Crippen LogP contribution is 2.23. The van der Waals surface area contributed by atoms with Crippen molar-refractivity contribution in [3.8, 4) is 0 Å². The third kappa shape index (κ3) is 5.13. The van der Waals surface area contributed by atoms with Gasteiger partial charge in [-0.15, -0.1) is 0 Å². The molecule has 5 heteroatoms. The maximum Gasteiger partial charge on any atom is 0.306 e. The van der Waals surface area contributed by atoms with Crippen LogP contribution in [0, 0.1) is 0 Å². The van der Waals surface area contributed by atoms with E-state index in [-0.39, 0.29) is 5.97 Å². The van der Waals surface area contributed by atoms with Crippen LogP contribution in [0.25, 0.3) is 0 Å². The quantitative estimate of drug-likeness (QED) is 0.785. The second-order valence-electron chi connectivity index (χ2n) is 7.24. The van der Waals surface area contributed by atoms with Crippen molar-refractivity contribution >= 4 is 5.97 Å². The molecular formula is C17H29N3O2. The molecular weight excluding hydrogens is 278 g/mol. The average Bonchev–Trinajstić information content (AvgIpc) is 2.81. The number of hydrogen-bond acceptors (Lipinski definition) is 4. The third-order valence-electron chi connectivity index (χ3n) is 4.13. The highest BCUT2D eigenvalue weighted by molar-refractivity contribution is 5.69. The Morgan fingerprint density at radius 3 is 2.82 bits per heavy atom. The van der Waals surface area contributed by atoms with Crippen LogP contribution in [0.3, 0.4) is 0 Å². The Morgan fingerprint density at radius 2 is 2.18 bits per heavy atom. The van der Waals surface area contributed by atoms with Crippen LogP contribution >= 0.6 is 0 Å². The molecule has 0 N–H and O–H groups in total. The molecule has 1 unspecified atom stereocenters. The number of rotatable bonds is 5. The first-order chi connectivity index (χ1) is 10.3. The van der Waals surface area contributed by atoms with E-state index in [1.807, 2.05) is 40.3 Å². The van der Waals surface area contributed by atoms with E-state index in [1.54, 1.807) is 0 Å². The molecule has 2 rings (SSSR count). The monoisotopic (exact) mass is 307 g/mol. The Bertz CT molecular complexity index is 490. The summed E-state index contributed by atoms with van der Waals surface area (Å²) in [4.78, 5) is 18.6. The second kappa shape index (κ2) is 7.27. The van der Waals surface area contributed by atoms with Gasteiger partial charge in [0, 0.05) is 32.3 Å². The molecule has 0 saturated carbocycles. The summed E-state index contributed by atoms with van der Waals surface area (Å²) in [7, 11) is 2.03. The van der Waals surface area contributed by atoms with Gasteiger partial charge in [0.1, 0.15) is 5.60 Å². The van der Waals surface area contributed by atoms with Gasteiger partial charge < -0.3 is 9.30 Å². The van der Waals surface area contributed by atoms with E-state index < -0.39 is 5.60 Å². The van der Waals surface area contributed by atoms with E-state index in [0.29, 0.717) is 12.5 Å². The van der Waals surface area contributed by atoms with Crippen LogP contribution in [-0.4, -0.2) is 38.6 Å². The minimum atomic E-state index is -0.391. The summed E-state index contributed by atoms with van der Waals surface area (Å²) in [5, 5.41) is 0. The van der Waals surface area contributed by atoms with Gasteiger partial charge in [0.15, 0.2) is 0 Å². The van der Waals surface area contributed by atoms with Gasteiger partial charge in [0.05, 0.1) is 12.0 Å².